The number of ether oxygens (including phenoxy) is 1. The van der Waals surface area contributed by atoms with E-state index >= 15 is 0 Å². The summed E-state index contributed by atoms with van der Waals surface area (Å²) < 4.78 is 69.7. The van der Waals surface area contributed by atoms with Gasteiger partial charge < -0.3 is 10.1 Å². The summed E-state index contributed by atoms with van der Waals surface area (Å²) in [5, 5.41) is 3.41. The van der Waals surface area contributed by atoms with Gasteiger partial charge in [-0.3, -0.25) is 9.52 Å². The number of carbonyl (C=O) groups is 1. The van der Waals surface area contributed by atoms with E-state index in [2.05, 4.69) is 15.0 Å². The molecule has 0 radical (unpaired) electrons. The van der Waals surface area contributed by atoms with Gasteiger partial charge in [0.05, 0.1) is 27.4 Å². The predicted octanol–water partition coefficient (Wildman–Crippen LogP) is 7.04. The fourth-order valence-electron chi connectivity index (χ4n) is 3.07. The van der Waals surface area contributed by atoms with Crippen LogP contribution in [0.5, 0.6) is 11.6 Å². The van der Waals surface area contributed by atoms with Crippen LogP contribution in [-0.2, 0) is 16.2 Å². The Balaban J connectivity index is 1.53. The number of benzene rings is 2. The molecule has 0 bridgehead atoms. The number of fused-ring (bicyclic) bond motifs is 1. The van der Waals surface area contributed by atoms with Crippen molar-refractivity contribution in [1.82, 2.24) is 4.98 Å². The molecule has 36 heavy (non-hydrogen) atoms. The van der Waals surface area contributed by atoms with Gasteiger partial charge in [0.2, 0.25) is 15.9 Å². The molecular formula is C22H14Cl2F3N3O4S2. The highest BCUT2D eigenvalue weighted by atomic mass is 35.5. The number of sulfonamides is 1. The average molecular weight is 576 g/mol. The van der Waals surface area contributed by atoms with Crippen LogP contribution in [-0.4, -0.2) is 25.6 Å². The minimum absolute atomic E-state index is 0.0191. The molecule has 2 aromatic heterocycles. The van der Waals surface area contributed by atoms with Gasteiger partial charge in [-0.1, -0.05) is 23.2 Å². The quantitative estimate of drug-likeness (QED) is 0.240. The molecule has 1 amide bonds. The third-order valence-corrected chi connectivity index (χ3v) is 6.75. The van der Waals surface area contributed by atoms with Crippen LogP contribution in [0.1, 0.15) is 15.2 Å². The van der Waals surface area contributed by atoms with Crippen LogP contribution >= 0.6 is 34.5 Å². The van der Waals surface area contributed by atoms with Crippen molar-refractivity contribution in [2.45, 2.75) is 6.18 Å². The Morgan fingerprint density at radius 3 is 2.39 bits per heavy atom. The maximum Gasteiger partial charge on any atom is 0.416 e. The molecule has 2 heterocycles. The average Bonchev–Trinajstić information content (AvgIpc) is 3.15. The van der Waals surface area contributed by atoms with Gasteiger partial charge in [-0.15, -0.1) is 11.3 Å². The van der Waals surface area contributed by atoms with Crippen LogP contribution in [0.3, 0.4) is 0 Å². The molecular weight excluding hydrogens is 562 g/mol. The maximum atomic E-state index is 12.8. The number of nitrogens with zero attached hydrogens (tertiary/aromatic N) is 1. The normalized spacial score (nSPS) is 11.9. The second-order valence-electron chi connectivity index (χ2n) is 7.45. The van der Waals surface area contributed by atoms with Crippen molar-refractivity contribution in [3.8, 4) is 11.6 Å². The first-order chi connectivity index (χ1) is 16.8. The van der Waals surface area contributed by atoms with Gasteiger partial charge in [-0.25, -0.2) is 13.4 Å². The minimum atomic E-state index is -4.48. The minimum Gasteiger partial charge on any atom is -0.439 e. The summed E-state index contributed by atoms with van der Waals surface area (Å²) >= 11 is 13.3. The molecule has 0 fully saturated rings. The molecule has 0 saturated heterocycles. The fourth-order valence-corrected chi connectivity index (χ4v) is 5.15. The molecule has 0 unspecified atom stereocenters. The number of rotatable bonds is 6. The van der Waals surface area contributed by atoms with E-state index in [9.17, 15) is 26.4 Å². The summed E-state index contributed by atoms with van der Waals surface area (Å²) in [6.07, 6.45) is -3.48. The number of hydrogen-bond donors (Lipinski definition) is 2. The highest BCUT2D eigenvalue weighted by Crippen LogP contribution is 2.35. The Labute approximate surface area is 216 Å². The van der Waals surface area contributed by atoms with Crippen LogP contribution in [0.15, 0.2) is 54.6 Å². The molecule has 0 aliphatic carbocycles. The molecule has 4 aromatic rings. The zero-order valence-electron chi connectivity index (χ0n) is 18.0. The first-order valence-electron chi connectivity index (χ1n) is 9.82. The topological polar surface area (TPSA) is 97.4 Å². The van der Waals surface area contributed by atoms with E-state index in [1.165, 1.54) is 18.2 Å². The second kappa shape index (κ2) is 9.77. The molecule has 2 N–H and O–H groups in total. The number of pyridine rings is 1. The second-order valence-corrected chi connectivity index (χ2v) is 11.1. The maximum absolute atomic E-state index is 12.8. The number of carbonyl (C=O) groups excluding carboxylic acids is 1. The van der Waals surface area contributed by atoms with Gasteiger partial charge in [0.25, 0.3) is 5.91 Å². The van der Waals surface area contributed by atoms with E-state index in [1.807, 2.05) is 0 Å². The monoisotopic (exact) mass is 575 g/mol. The molecule has 0 aliphatic rings. The molecule has 7 nitrogen and oxygen atoms in total. The lowest BCUT2D eigenvalue weighted by Crippen LogP contribution is -2.10. The van der Waals surface area contributed by atoms with Crippen molar-refractivity contribution >= 4 is 71.9 Å². The van der Waals surface area contributed by atoms with Crippen LogP contribution in [0, 0.1) is 0 Å². The SMILES string of the molecule is CS(=O)(=O)Nc1cc2cc(C(=O)Nc3cc(Cl)nc(Oc4ccc(C(F)(F)F)cc4)c3)sc2cc1Cl. The highest BCUT2D eigenvalue weighted by molar-refractivity contribution is 7.92. The zero-order chi connectivity index (χ0) is 26.3. The van der Waals surface area contributed by atoms with Crippen molar-refractivity contribution in [3.05, 3.63) is 75.2 Å². The smallest absolute Gasteiger partial charge is 0.416 e. The summed E-state index contributed by atoms with van der Waals surface area (Å²) in [5.74, 6) is -0.445. The van der Waals surface area contributed by atoms with E-state index in [0.717, 1.165) is 41.9 Å². The predicted molar refractivity (Wildman–Crippen MR) is 134 cm³/mol. The van der Waals surface area contributed by atoms with E-state index in [0.29, 0.717) is 15.0 Å². The number of thiophene rings is 1. The lowest BCUT2D eigenvalue weighted by atomic mass is 10.2. The first-order valence-corrected chi connectivity index (χ1v) is 13.3. The standard InChI is InChI=1S/C22H14Cl2F3N3O4S2/c1-36(32,33)30-16-6-11-7-18(35-17(11)10-15(16)23)21(31)28-13-8-19(24)29-20(9-13)34-14-4-2-12(3-5-14)22(25,26)27/h2-10,30H,1H3,(H,28,29,31). The van der Waals surface area contributed by atoms with Gasteiger partial charge in [0.1, 0.15) is 10.9 Å². The summed E-state index contributed by atoms with van der Waals surface area (Å²) in [6.45, 7) is 0. The van der Waals surface area contributed by atoms with Crippen molar-refractivity contribution in [2.24, 2.45) is 0 Å². The Hall–Kier alpha value is -3.06. The van der Waals surface area contributed by atoms with E-state index in [1.54, 1.807) is 12.1 Å². The third-order valence-electron chi connectivity index (χ3n) is 4.56. The summed E-state index contributed by atoms with van der Waals surface area (Å²) in [7, 11) is -3.55. The number of aromatic nitrogens is 1. The highest BCUT2D eigenvalue weighted by Gasteiger charge is 2.30. The molecule has 2 aromatic carbocycles. The molecule has 0 saturated carbocycles. The van der Waals surface area contributed by atoms with Gasteiger partial charge >= 0.3 is 6.18 Å². The number of nitrogens with one attached hydrogen (secondary N) is 2. The van der Waals surface area contributed by atoms with Gasteiger partial charge in [0, 0.05) is 16.5 Å². The molecule has 4 rings (SSSR count). The van der Waals surface area contributed by atoms with E-state index in [4.69, 9.17) is 27.9 Å². The van der Waals surface area contributed by atoms with Crippen molar-refractivity contribution < 1.29 is 31.1 Å². The fraction of sp³-hybridized carbons (Fsp3) is 0.0909. The number of anilines is 2. The Kier molecular flexibility index (Phi) is 7.06. The Morgan fingerprint density at radius 1 is 1.06 bits per heavy atom. The van der Waals surface area contributed by atoms with Crippen molar-refractivity contribution in [2.75, 3.05) is 16.3 Å². The van der Waals surface area contributed by atoms with Crippen LogP contribution in [0.2, 0.25) is 10.2 Å². The summed E-state index contributed by atoms with van der Waals surface area (Å²) in [4.78, 5) is 17.1. The van der Waals surface area contributed by atoms with Crippen LogP contribution in [0.4, 0.5) is 24.5 Å². The summed E-state index contributed by atoms with van der Waals surface area (Å²) in [6, 6.07) is 11.4. The van der Waals surface area contributed by atoms with Crippen molar-refractivity contribution in [1.29, 1.82) is 0 Å². The number of alkyl halides is 3. The Morgan fingerprint density at radius 2 is 1.75 bits per heavy atom. The molecule has 188 valence electrons. The number of hydrogen-bond acceptors (Lipinski definition) is 6. The molecule has 0 aliphatic heterocycles. The third kappa shape index (κ3) is 6.38. The van der Waals surface area contributed by atoms with Crippen LogP contribution < -0.4 is 14.8 Å². The lowest BCUT2D eigenvalue weighted by Gasteiger charge is -2.10. The van der Waals surface area contributed by atoms with Gasteiger partial charge in [0.15, 0.2) is 0 Å². The molecule has 14 heteroatoms. The van der Waals surface area contributed by atoms with Crippen LogP contribution in [0.25, 0.3) is 10.1 Å². The molecule has 0 spiro atoms. The number of amides is 1. The van der Waals surface area contributed by atoms with Gasteiger partial charge in [-0.2, -0.15) is 13.2 Å². The van der Waals surface area contributed by atoms with E-state index < -0.39 is 27.7 Å². The van der Waals surface area contributed by atoms with E-state index in [-0.39, 0.29) is 33.2 Å². The summed E-state index contributed by atoms with van der Waals surface area (Å²) in [5.41, 5.74) is -0.412. The molecule has 0 atom stereocenters. The zero-order valence-corrected chi connectivity index (χ0v) is 21.1. The largest absolute Gasteiger partial charge is 0.439 e. The number of halogens is 5. The van der Waals surface area contributed by atoms with Gasteiger partial charge in [-0.05, 0) is 53.9 Å². The van der Waals surface area contributed by atoms with Crippen molar-refractivity contribution in [3.63, 3.8) is 0 Å². The first kappa shape index (κ1) is 26.0. The Bertz CT molecular complexity index is 1570. The lowest BCUT2D eigenvalue weighted by molar-refractivity contribution is -0.137.